The van der Waals surface area contributed by atoms with Gasteiger partial charge in [0.25, 0.3) is 0 Å². The number of nitrogens with zero attached hydrogens (tertiary/aromatic N) is 1. The fourth-order valence-corrected chi connectivity index (χ4v) is 13.9. The van der Waals surface area contributed by atoms with Crippen molar-refractivity contribution in [1.82, 2.24) is 0 Å². The molecule has 0 bridgehead atoms. The zero-order chi connectivity index (χ0) is 15.9. The first-order valence-corrected chi connectivity index (χ1v) is 17.7. The first kappa shape index (κ1) is 17.7. The largest absolute Gasteiger partial charge is 0.422 e. The number of rotatable bonds is 4. The predicted molar refractivity (Wildman–Crippen MR) is 98.6 cm³/mol. The summed E-state index contributed by atoms with van der Waals surface area (Å²) in [7, 11) is -4.63. The predicted octanol–water partition coefficient (Wildman–Crippen LogP) is 4.85. The van der Waals surface area contributed by atoms with Crippen LogP contribution in [0.1, 0.15) is 0 Å². The minimum atomic E-state index is -1.61. The summed E-state index contributed by atoms with van der Waals surface area (Å²) in [6, 6.07) is 5.80. The van der Waals surface area contributed by atoms with E-state index in [1.54, 1.807) is 6.07 Å². The highest BCUT2D eigenvalue weighted by molar-refractivity contribution is 6.99. The van der Waals surface area contributed by atoms with Gasteiger partial charge < -0.3 is 4.23 Å². The Kier molecular flexibility index (Phi) is 4.79. The molecule has 1 aromatic carbocycles. The van der Waals surface area contributed by atoms with E-state index in [4.69, 9.17) is 0 Å². The highest BCUT2D eigenvalue weighted by Gasteiger charge is 2.36. The van der Waals surface area contributed by atoms with Gasteiger partial charge in [-0.2, -0.15) is 0 Å². The molecule has 1 aromatic rings. The SMILES string of the molecule is C[Si](C)(C)c1ccc(F)c(N([Si](C)(C)C)[Si](C)(C)C)c1. The molecule has 0 N–H and O–H groups in total. The van der Waals surface area contributed by atoms with Gasteiger partial charge in [0, 0.05) is 0 Å². The standard InChI is InChI=1S/C15H30FNSi3/c1-18(2,3)13-10-11-14(16)15(12-13)17(19(4,5)6)20(7,8)9/h10-12H,1-9H3. The summed E-state index contributed by atoms with van der Waals surface area (Å²) in [5.74, 6) is -0.0585. The van der Waals surface area contributed by atoms with Crippen LogP contribution in [0.5, 0.6) is 0 Å². The van der Waals surface area contributed by atoms with E-state index in [0.717, 1.165) is 5.69 Å². The molecule has 0 heterocycles. The lowest BCUT2D eigenvalue weighted by molar-refractivity contribution is 0.630. The molecular weight excluding hydrogens is 297 g/mol. The molecule has 5 heteroatoms. The van der Waals surface area contributed by atoms with Gasteiger partial charge in [0.05, 0.1) is 13.8 Å². The summed E-state index contributed by atoms with van der Waals surface area (Å²) < 4.78 is 17.0. The van der Waals surface area contributed by atoms with Gasteiger partial charge in [0.2, 0.25) is 0 Å². The lowest BCUT2D eigenvalue weighted by atomic mass is 10.3. The second-order valence-electron chi connectivity index (χ2n) is 8.59. The lowest BCUT2D eigenvalue weighted by Gasteiger charge is -2.46. The van der Waals surface area contributed by atoms with Crippen molar-refractivity contribution < 1.29 is 4.39 Å². The van der Waals surface area contributed by atoms with E-state index >= 15 is 0 Å². The summed E-state index contributed by atoms with van der Waals surface area (Å²) in [5, 5.41) is 1.34. The third-order valence-electron chi connectivity index (χ3n) is 3.39. The van der Waals surface area contributed by atoms with Crippen LogP contribution in [0, 0.1) is 5.82 Å². The molecule has 0 aliphatic heterocycles. The number of anilines is 1. The van der Waals surface area contributed by atoms with E-state index in [9.17, 15) is 4.39 Å². The van der Waals surface area contributed by atoms with Crippen LogP contribution in [0.25, 0.3) is 0 Å². The highest BCUT2D eigenvalue weighted by atomic mass is 28.4. The maximum atomic E-state index is 14.5. The van der Waals surface area contributed by atoms with Crippen molar-refractivity contribution in [2.45, 2.75) is 58.9 Å². The molecule has 0 amide bonds. The van der Waals surface area contributed by atoms with Crippen LogP contribution in [0.4, 0.5) is 10.1 Å². The van der Waals surface area contributed by atoms with Crippen molar-refractivity contribution in [2.24, 2.45) is 0 Å². The summed E-state index contributed by atoms with van der Waals surface area (Å²) >= 11 is 0. The maximum Gasteiger partial charge on any atom is 0.144 e. The molecule has 1 nitrogen and oxygen atoms in total. The van der Waals surface area contributed by atoms with Gasteiger partial charge in [-0.15, -0.1) is 0 Å². The summed E-state index contributed by atoms with van der Waals surface area (Å²) in [6.45, 7) is 20.8. The van der Waals surface area contributed by atoms with Crippen LogP contribution < -0.4 is 9.42 Å². The monoisotopic (exact) mass is 327 g/mol. The van der Waals surface area contributed by atoms with Gasteiger partial charge in [-0.3, -0.25) is 0 Å². The van der Waals surface area contributed by atoms with E-state index in [2.05, 4.69) is 69.2 Å². The van der Waals surface area contributed by atoms with Crippen molar-refractivity contribution in [2.75, 3.05) is 4.23 Å². The first-order chi connectivity index (χ1) is 8.74. The molecule has 0 saturated heterocycles. The Bertz CT molecular complexity index is 467. The molecule has 20 heavy (non-hydrogen) atoms. The molecule has 0 aliphatic rings. The van der Waals surface area contributed by atoms with Crippen LogP contribution in [0.2, 0.25) is 58.9 Å². The Morgan fingerprint density at radius 3 is 1.60 bits per heavy atom. The topological polar surface area (TPSA) is 3.24 Å². The molecule has 0 aliphatic carbocycles. The van der Waals surface area contributed by atoms with Crippen molar-refractivity contribution in [1.29, 1.82) is 0 Å². The van der Waals surface area contributed by atoms with E-state index in [-0.39, 0.29) is 5.82 Å². The third kappa shape index (κ3) is 4.05. The molecule has 0 saturated carbocycles. The van der Waals surface area contributed by atoms with Gasteiger partial charge >= 0.3 is 0 Å². The normalized spacial score (nSPS) is 13.5. The molecule has 0 radical (unpaired) electrons. The van der Waals surface area contributed by atoms with Crippen LogP contribution in [0.15, 0.2) is 18.2 Å². The van der Waals surface area contributed by atoms with Gasteiger partial charge in [0.1, 0.15) is 22.3 Å². The average Bonchev–Trinajstić information content (AvgIpc) is 2.15. The zero-order valence-electron chi connectivity index (χ0n) is 14.6. The molecule has 114 valence electrons. The van der Waals surface area contributed by atoms with Gasteiger partial charge in [-0.05, 0) is 12.1 Å². The first-order valence-electron chi connectivity index (χ1n) is 7.35. The molecule has 0 atom stereocenters. The van der Waals surface area contributed by atoms with E-state index in [1.807, 2.05) is 6.07 Å². The van der Waals surface area contributed by atoms with Crippen LogP contribution in [0.3, 0.4) is 0 Å². The average molecular weight is 328 g/mol. The van der Waals surface area contributed by atoms with Crippen LogP contribution in [-0.2, 0) is 0 Å². The quantitative estimate of drug-likeness (QED) is 0.715. The summed E-state index contributed by atoms with van der Waals surface area (Å²) in [5.41, 5.74) is 0.850. The molecular formula is C15H30FNSi3. The highest BCUT2D eigenvalue weighted by Crippen LogP contribution is 2.30. The third-order valence-corrected chi connectivity index (χ3v) is 12.6. The van der Waals surface area contributed by atoms with Gasteiger partial charge in [-0.25, -0.2) is 4.39 Å². The maximum absolute atomic E-state index is 14.5. The Hall–Kier alpha value is -0.399. The van der Waals surface area contributed by atoms with Crippen LogP contribution >= 0.6 is 0 Å². The fraction of sp³-hybridized carbons (Fsp3) is 0.600. The van der Waals surface area contributed by atoms with E-state index in [0.29, 0.717) is 0 Å². The Morgan fingerprint density at radius 2 is 1.25 bits per heavy atom. The second-order valence-corrected chi connectivity index (χ2v) is 23.7. The van der Waals surface area contributed by atoms with Gasteiger partial charge in [-0.1, -0.05) is 70.2 Å². The van der Waals surface area contributed by atoms with Crippen molar-refractivity contribution in [3.63, 3.8) is 0 Å². The van der Waals surface area contributed by atoms with Crippen LogP contribution in [-0.4, -0.2) is 24.5 Å². The number of hydrogen-bond donors (Lipinski definition) is 0. The molecule has 0 aromatic heterocycles. The molecule has 0 fully saturated rings. The second kappa shape index (κ2) is 5.42. The molecule has 0 spiro atoms. The Morgan fingerprint density at radius 1 is 0.800 bits per heavy atom. The fourth-order valence-electron chi connectivity index (χ4n) is 2.88. The summed E-state index contributed by atoms with van der Waals surface area (Å²) in [4.78, 5) is 0. The molecule has 0 unspecified atom stereocenters. The number of halogens is 1. The minimum absolute atomic E-state index is 0.0585. The van der Waals surface area contributed by atoms with Crippen molar-refractivity contribution >= 4 is 35.4 Å². The smallest absolute Gasteiger partial charge is 0.144 e. The van der Waals surface area contributed by atoms with Crippen molar-refractivity contribution in [3.8, 4) is 0 Å². The van der Waals surface area contributed by atoms with E-state index < -0.39 is 24.5 Å². The number of benzene rings is 1. The lowest BCUT2D eigenvalue weighted by Crippen LogP contribution is -2.60. The minimum Gasteiger partial charge on any atom is -0.422 e. The van der Waals surface area contributed by atoms with E-state index in [1.165, 1.54) is 5.19 Å². The number of hydrogen-bond acceptors (Lipinski definition) is 1. The Balaban J connectivity index is 3.49. The summed E-state index contributed by atoms with van der Waals surface area (Å²) in [6.07, 6.45) is 0. The van der Waals surface area contributed by atoms with Crippen molar-refractivity contribution in [3.05, 3.63) is 24.0 Å². The zero-order valence-corrected chi connectivity index (χ0v) is 17.6. The van der Waals surface area contributed by atoms with Gasteiger partial charge in [0.15, 0.2) is 0 Å². The Labute approximate surface area is 127 Å². The molecule has 1 rings (SSSR count).